The molecule has 0 spiro atoms. The molecule has 102 valence electrons. The Morgan fingerprint density at radius 2 is 2.10 bits per heavy atom. The number of carbonyl (C=O) groups excluding carboxylic acids is 2. The number of thiophene rings is 1. The zero-order valence-corrected chi connectivity index (χ0v) is 12.1. The summed E-state index contributed by atoms with van der Waals surface area (Å²) in [6.45, 7) is 2.50. The highest BCUT2D eigenvalue weighted by Crippen LogP contribution is 2.26. The van der Waals surface area contributed by atoms with E-state index in [1.807, 2.05) is 25.1 Å². The summed E-state index contributed by atoms with van der Waals surface area (Å²) in [4.78, 5) is 27.4. The molecule has 3 rings (SSSR count). The van der Waals surface area contributed by atoms with Gasteiger partial charge in [0.05, 0.1) is 4.88 Å². The third-order valence-electron chi connectivity index (χ3n) is 3.33. The van der Waals surface area contributed by atoms with Gasteiger partial charge in [-0.2, -0.15) is 0 Å². The quantitative estimate of drug-likeness (QED) is 0.861. The molecular formula is C15H14N2O2S. The van der Waals surface area contributed by atoms with Crippen LogP contribution in [0.15, 0.2) is 30.3 Å². The van der Waals surface area contributed by atoms with Gasteiger partial charge in [0.15, 0.2) is 0 Å². The molecule has 4 nitrogen and oxygen atoms in total. The van der Waals surface area contributed by atoms with E-state index in [0.29, 0.717) is 12.1 Å². The Hall–Kier alpha value is -2.14. The second-order valence-electron chi connectivity index (χ2n) is 4.90. The van der Waals surface area contributed by atoms with Crippen LogP contribution in [-0.2, 0) is 6.54 Å². The molecule has 20 heavy (non-hydrogen) atoms. The van der Waals surface area contributed by atoms with Gasteiger partial charge in [-0.1, -0.05) is 0 Å². The number of carbonyl (C=O) groups is 2. The minimum Gasteiger partial charge on any atom is -0.323 e. The van der Waals surface area contributed by atoms with Gasteiger partial charge in [0.25, 0.3) is 0 Å². The van der Waals surface area contributed by atoms with Gasteiger partial charge in [-0.15, -0.1) is 11.3 Å². The lowest BCUT2D eigenvalue weighted by molar-refractivity contribution is 0.104. The van der Waals surface area contributed by atoms with Gasteiger partial charge >= 0.3 is 6.03 Å². The lowest BCUT2D eigenvalue weighted by Gasteiger charge is -2.26. The average molecular weight is 286 g/mol. The highest BCUT2D eigenvalue weighted by atomic mass is 32.1. The summed E-state index contributed by atoms with van der Waals surface area (Å²) in [5.41, 5.74) is 2.41. The number of aryl methyl sites for hydroxylation is 1. The van der Waals surface area contributed by atoms with Crippen LogP contribution in [0.2, 0.25) is 0 Å². The zero-order valence-electron chi connectivity index (χ0n) is 11.3. The fourth-order valence-electron chi connectivity index (χ4n) is 2.22. The molecule has 0 fully saturated rings. The maximum atomic E-state index is 12.4. The van der Waals surface area contributed by atoms with Gasteiger partial charge in [0.2, 0.25) is 5.78 Å². The van der Waals surface area contributed by atoms with E-state index in [-0.39, 0.29) is 11.8 Å². The van der Waals surface area contributed by atoms with Gasteiger partial charge in [0, 0.05) is 29.7 Å². The number of amides is 2. The van der Waals surface area contributed by atoms with Crippen LogP contribution in [0.4, 0.5) is 10.5 Å². The van der Waals surface area contributed by atoms with Crippen molar-refractivity contribution < 1.29 is 9.59 Å². The molecule has 0 unspecified atom stereocenters. The molecule has 1 aliphatic heterocycles. The number of benzene rings is 1. The van der Waals surface area contributed by atoms with Crippen LogP contribution in [0.25, 0.3) is 0 Å². The second-order valence-corrected chi connectivity index (χ2v) is 6.19. The van der Waals surface area contributed by atoms with Gasteiger partial charge in [-0.05, 0) is 42.8 Å². The molecule has 2 aromatic rings. The predicted octanol–water partition coefficient (Wildman–Crippen LogP) is 3.26. The summed E-state index contributed by atoms with van der Waals surface area (Å²) in [5, 5.41) is 2.80. The lowest BCUT2D eigenvalue weighted by Crippen LogP contribution is -2.35. The van der Waals surface area contributed by atoms with Crippen LogP contribution in [0.1, 0.15) is 25.7 Å². The standard InChI is InChI=1S/C15H14N2O2S/c1-9-3-6-13(20-9)14(18)10-4-5-12-11(7-10)8-17(2)15(19)16-12/h3-7H,8H2,1-2H3,(H,16,19). The molecule has 0 bridgehead atoms. The molecule has 0 radical (unpaired) electrons. The van der Waals surface area contributed by atoms with E-state index in [1.54, 1.807) is 24.1 Å². The van der Waals surface area contributed by atoms with Crippen LogP contribution in [0.5, 0.6) is 0 Å². The SMILES string of the molecule is Cc1ccc(C(=O)c2ccc3c(c2)CN(C)C(=O)N3)s1. The first kappa shape index (κ1) is 12.9. The van der Waals surface area contributed by atoms with E-state index in [4.69, 9.17) is 0 Å². The monoisotopic (exact) mass is 286 g/mol. The van der Waals surface area contributed by atoms with Crippen molar-refractivity contribution in [3.05, 3.63) is 51.2 Å². The van der Waals surface area contributed by atoms with E-state index in [2.05, 4.69) is 5.32 Å². The molecule has 0 saturated carbocycles. The Balaban J connectivity index is 1.95. The number of hydrogen-bond acceptors (Lipinski definition) is 3. The molecule has 1 aromatic carbocycles. The number of fused-ring (bicyclic) bond motifs is 1. The molecule has 1 aliphatic rings. The van der Waals surface area contributed by atoms with E-state index >= 15 is 0 Å². The second kappa shape index (κ2) is 4.76. The minimum atomic E-state index is -0.120. The fraction of sp³-hybridized carbons (Fsp3) is 0.200. The third kappa shape index (κ3) is 2.20. The first-order valence-electron chi connectivity index (χ1n) is 6.31. The first-order chi connectivity index (χ1) is 9.54. The van der Waals surface area contributed by atoms with Crippen LogP contribution in [0, 0.1) is 6.92 Å². The molecule has 0 atom stereocenters. The maximum Gasteiger partial charge on any atom is 0.321 e. The van der Waals surface area contributed by atoms with Crippen LogP contribution >= 0.6 is 11.3 Å². The Morgan fingerprint density at radius 3 is 2.80 bits per heavy atom. The maximum absolute atomic E-state index is 12.4. The Labute approximate surface area is 121 Å². The fourth-order valence-corrected chi connectivity index (χ4v) is 3.05. The largest absolute Gasteiger partial charge is 0.323 e. The van der Waals surface area contributed by atoms with Crippen molar-refractivity contribution >= 4 is 28.8 Å². The molecule has 2 heterocycles. The van der Waals surface area contributed by atoms with E-state index in [9.17, 15) is 9.59 Å². The summed E-state index contributed by atoms with van der Waals surface area (Å²) in [7, 11) is 1.73. The highest BCUT2D eigenvalue weighted by molar-refractivity contribution is 7.14. The summed E-state index contributed by atoms with van der Waals surface area (Å²) >= 11 is 1.50. The van der Waals surface area contributed by atoms with E-state index < -0.39 is 0 Å². The van der Waals surface area contributed by atoms with Crippen molar-refractivity contribution in [3.8, 4) is 0 Å². The van der Waals surface area contributed by atoms with Crippen LogP contribution < -0.4 is 5.32 Å². The zero-order chi connectivity index (χ0) is 14.3. The average Bonchev–Trinajstić information content (AvgIpc) is 2.85. The first-order valence-corrected chi connectivity index (χ1v) is 7.12. The Kier molecular flexibility index (Phi) is 3.06. The van der Waals surface area contributed by atoms with Crippen molar-refractivity contribution in [2.45, 2.75) is 13.5 Å². The molecule has 2 amide bonds. The van der Waals surface area contributed by atoms with Crippen molar-refractivity contribution in [3.63, 3.8) is 0 Å². The number of urea groups is 1. The van der Waals surface area contributed by atoms with Crippen molar-refractivity contribution in [2.24, 2.45) is 0 Å². The van der Waals surface area contributed by atoms with Crippen molar-refractivity contribution in [1.29, 1.82) is 0 Å². The number of anilines is 1. The van der Waals surface area contributed by atoms with Crippen LogP contribution in [0.3, 0.4) is 0 Å². The predicted molar refractivity (Wildman–Crippen MR) is 79.4 cm³/mol. The topological polar surface area (TPSA) is 49.4 Å². The van der Waals surface area contributed by atoms with Gasteiger partial charge in [-0.3, -0.25) is 4.79 Å². The van der Waals surface area contributed by atoms with Crippen molar-refractivity contribution in [2.75, 3.05) is 12.4 Å². The number of rotatable bonds is 2. The Bertz CT molecular complexity index is 706. The molecule has 1 aromatic heterocycles. The van der Waals surface area contributed by atoms with E-state index in [0.717, 1.165) is 21.0 Å². The third-order valence-corrected chi connectivity index (χ3v) is 4.33. The summed E-state index contributed by atoms with van der Waals surface area (Å²) in [5.74, 6) is 0.0328. The van der Waals surface area contributed by atoms with Gasteiger partial charge in [0.1, 0.15) is 0 Å². The molecule has 5 heteroatoms. The number of hydrogen-bond donors (Lipinski definition) is 1. The lowest BCUT2D eigenvalue weighted by atomic mass is 10.0. The minimum absolute atomic E-state index is 0.0328. The van der Waals surface area contributed by atoms with Crippen LogP contribution in [-0.4, -0.2) is 23.8 Å². The summed E-state index contributed by atoms with van der Waals surface area (Å²) in [6.07, 6.45) is 0. The molecule has 0 saturated heterocycles. The Morgan fingerprint density at radius 1 is 1.30 bits per heavy atom. The number of nitrogens with one attached hydrogen (secondary N) is 1. The number of nitrogens with zero attached hydrogens (tertiary/aromatic N) is 1. The smallest absolute Gasteiger partial charge is 0.321 e. The van der Waals surface area contributed by atoms with Gasteiger partial charge < -0.3 is 10.2 Å². The molecular weight excluding hydrogens is 272 g/mol. The molecule has 0 aliphatic carbocycles. The molecule has 1 N–H and O–H groups in total. The van der Waals surface area contributed by atoms with Crippen molar-refractivity contribution in [1.82, 2.24) is 4.90 Å². The summed E-state index contributed by atoms with van der Waals surface area (Å²) < 4.78 is 0. The normalized spacial score (nSPS) is 13.9. The van der Waals surface area contributed by atoms with Gasteiger partial charge in [-0.25, -0.2) is 4.79 Å². The number of ketones is 1. The summed E-state index contributed by atoms with van der Waals surface area (Å²) in [6, 6.07) is 9.11. The highest BCUT2D eigenvalue weighted by Gasteiger charge is 2.21. The van der Waals surface area contributed by atoms with E-state index in [1.165, 1.54) is 11.3 Å².